The van der Waals surface area contributed by atoms with Gasteiger partial charge in [0.25, 0.3) is 0 Å². The molecular formula is C18H22N2OS. The monoisotopic (exact) mass is 314 g/mol. The number of carbonyl (C=O) groups excluding carboxylic acids is 1. The number of anilines is 2. The van der Waals surface area contributed by atoms with E-state index in [4.69, 9.17) is 0 Å². The van der Waals surface area contributed by atoms with Crippen molar-refractivity contribution in [1.29, 1.82) is 0 Å². The number of rotatable bonds is 5. The maximum Gasteiger partial charge on any atom is 0.227 e. The standard InChI is InChI=1S/C18H22N2OS/c1-2-19-12-13-20(17-10-4-3-9-16(17)19)18(21)11-5-7-15-8-6-14-22-15/h3-4,6,8-10,14H,2,5,7,11-13H2,1H3. The fourth-order valence-electron chi connectivity index (χ4n) is 3.01. The molecule has 0 saturated carbocycles. The highest BCUT2D eigenvalue weighted by atomic mass is 32.1. The first-order valence-electron chi connectivity index (χ1n) is 7.96. The minimum absolute atomic E-state index is 0.250. The minimum Gasteiger partial charge on any atom is -0.368 e. The molecule has 3 rings (SSSR count). The Labute approximate surface area is 136 Å². The van der Waals surface area contributed by atoms with E-state index in [0.717, 1.165) is 38.2 Å². The molecule has 0 spiro atoms. The first-order chi connectivity index (χ1) is 10.8. The molecule has 116 valence electrons. The maximum absolute atomic E-state index is 12.6. The van der Waals surface area contributed by atoms with Crippen LogP contribution in [0.1, 0.15) is 24.6 Å². The van der Waals surface area contributed by atoms with Crippen LogP contribution in [0.25, 0.3) is 0 Å². The van der Waals surface area contributed by atoms with E-state index < -0.39 is 0 Å². The molecule has 22 heavy (non-hydrogen) atoms. The summed E-state index contributed by atoms with van der Waals surface area (Å²) in [5.74, 6) is 0.250. The fraction of sp³-hybridized carbons (Fsp3) is 0.389. The Balaban J connectivity index is 1.65. The van der Waals surface area contributed by atoms with Crippen LogP contribution in [-0.4, -0.2) is 25.5 Å². The van der Waals surface area contributed by atoms with Crippen molar-refractivity contribution in [3.8, 4) is 0 Å². The molecule has 1 aromatic carbocycles. The van der Waals surface area contributed by atoms with Gasteiger partial charge in [-0.1, -0.05) is 18.2 Å². The summed E-state index contributed by atoms with van der Waals surface area (Å²) in [4.78, 5) is 18.3. The van der Waals surface area contributed by atoms with Crippen molar-refractivity contribution in [3.63, 3.8) is 0 Å². The smallest absolute Gasteiger partial charge is 0.227 e. The van der Waals surface area contributed by atoms with Gasteiger partial charge in [0.05, 0.1) is 11.4 Å². The number of aryl methyl sites for hydroxylation is 1. The molecule has 1 aliphatic rings. The lowest BCUT2D eigenvalue weighted by Gasteiger charge is -2.37. The summed E-state index contributed by atoms with van der Waals surface area (Å²) in [5.41, 5.74) is 2.25. The first kappa shape index (κ1) is 15.1. The lowest BCUT2D eigenvalue weighted by Crippen LogP contribution is -2.44. The van der Waals surface area contributed by atoms with Crippen LogP contribution in [0.5, 0.6) is 0 Å². The van der Waals surface area contributed by atoms with Crippen molar-refractivity contribution >= 4 is 28.6 Å². The Hall–Kier alpha value is -1.81. The SMILES string of the molecule is CCN1CCN(C(=O)CCCc2cccs2)c2ccccc21. The fourth-order valence-corrected chi connectivity index (χ4v) is 3.76. The van der Waals surface area contributed by atoms with Gasteiger partial charge in [-0.3, -0.25) is 4.79 Å². The van der Waals surface area contributed by atoms with Crippen molar-refractivity contribution in [1.82, 2.24) is 0 Å². The Kier molecular flexibility index (Phi) is 4.78. The highest BCUT2D eigenvalue weighted by Crippen LogP contribution is 2.33. The van der Waals surface area contributed by atoms with Crippen molar-refractivity contribution in [2.45, 2.75) is 26.2 Å². The summed E-state index contributed by atoms with van der Waals surface area (Å²) in [5, 5.41) is 2.09. The van der Waals surface area contributed by atoms with Crippen LogP contribution in [0.15, 0.2) is 41.8 Å². The molecule has 0 N–H and O–H groups in total. The van der Waals surface area contributed by atoms with Gasteiger partial charge in [0, 0.05) is 30.9 Å². The van der Waals surface area contributed by atoms with Gasteiger partial charge in [0.15, 0.2) is 0 Å². The van der Waals surface area contributed by atoms with E-state index in [0.29, 0.717) is 6.42 Å². The maximum atomic E-state index is 12.6. The number of fused-ring (bicyclic) bond motifs is 1. The molecule has 0 unspecified atom stereocenters. The Morgan fingerprint density at radius 3 is 2.68 bits per heavy atom. The van der Waals surface area contributed by atoms with E-state index in [1.807, 2.05) is 17.0 Å². The second-order valence-electron chi connectivity index (χ2n) is 5.55. The summed E-state index contributed by atoms with van der Waals surface area (Å²) >= 11 is 1.77. The van der Waals surface area contributed by atoms with Gasteiger partial charge in [0.2, 0.25) is 5.91 Å². The molecule has 1 aromatic heterocycles. The summed E-state index contributed by atoms with van der Waals surface area (Å²) in [6.45, 7) is 4.86. The lowest BCUT2D eigenvalue weighted by atomic mass is 10.1. The second-order valence-corrected chi connectivity index (χ2v) is 6.58. The van der Waals surface area contributed by atoms with Gasteiger partial charge in [-0.2, -0.15) is 0 Å². The third-order valence-corrected chi connectivity index (χ3v) is 5.12. The Bertz CT molecular complexity index is 624. The number of para-hydroxylation sites is 2. The van der Waals surface area contributed by atoms with Crippen LogP contribution < -0.4 is 9.80 Å². The Morgan fingerprint density at radius 2 is 1.95 bits per heavy atom. The summed E-state index contributed by atoms with van der Waals surface area (Å²) < 4.78 is 0. The topological polar surface area (TPSA) is 23.6 Å². The van der Waals surface area contributed by atoms with Crippen molar-refractivity contribution < 1.29 is 4.79 Å². The Morgan fingerprint density at radius 1 is 1.14 bits per heavy atom. The van der Waals surface area contributed by atoms with E-state index in [1.165, 1.54) is 10.6 Å². The van der Waals surface area contributed by atoms with Crippen molar-refractivity contribution in [2.24, 2.45) is 0 Å². The second kappa shape index (κ2) is 6.97. The van der Waals surface area contributed by atoms with Gasteiger partial charge in [-0.05, 0) is 43.3 Å². The van der Waals surface area contributed by atoms with Crippen LogP contribution >= 0.6 is 11.3 Å². The predicted molar refractivity (Wildman–Crippen MR) is 93.9 cm³/mol. The molecule has 4 heteroatoms. The van der Waals surface area contributed by atoms with Crippen LogP contribution in [0, 0.1) is 0 Å². The minimum atomic E-state index is 0.250. The number of carbonyl (C=O) groups is 1. The molecule has 2 aromatic rings. The predicted octanol–water partition coefficient (Wildman–Crippen LogP) is 3.94. The summed E-state index contributed by atoms with van der Waals surface area (Å²) in [6, 6.07) is 12.5. The normalized spacial score (nSPS) is 14.0. The van der Waals surface area contributed by atoms with Gasteiger partial charge >= 0.3 is 0 Å². The van der Waals surface area contributed by atoms with Crippen LogP contribution in [-0.2, 0) is 11.2 Å². The summed E-state index contributed by atoms with van der Waals surface area (Å²) in [6.07, 6.45) is 2.55. The number of likely N-dealkylation sites (N-methyl/N-ethyl adjacent to an activating group) is 1. The third-order valence-electron chi connectivity index (χ3n) is 4.18. The molecule has 0 atom stereocenters. The lowest BCUT2D eigenvalue weighted by molar-refractivity contribution is -0.118. The van der Waals surface area contributed by atoms with E-state index in [1.54, 1.807) is 11.3 Å². The van der Waals surface area contributed by atoms with Gasteiger partial charge in [-0.25, -0.2) is 0 Å². The molecular weight excluding hydrogens is 292 g/mol. The number of nitrogens with zero attached hydrogens (tertiary/aromatic N) is 2. The number of hydrogen-bond acceptors (Lipinski definition) is 3. The largest absolute Gasteiger partial charge is 0.368 e. The van der Waals surface area contributed by atoms with E-state index in [9.17, 15) is 4.79 Å². The molecule has 1 amide bonds. The molecule has 0 aliphatic carbocycles. The number of amides is 1. The van der Waals surface area contributed by atoms with Crippen LogP contribution in [0.3, 0.4) is 0 Å². The average Bonchev–Trinajstić information content (AvgIpc) is 3.07. The summed E-state index contributed by atoms with van der Waals surface area (Å²) in [7, 11) is 0. The number of hydrogen-bond donors (Lipinski definition) is 0. The van der Waals surface area contributed by atoms with E-state index in [2.05, 4.69) is 41.5 Å². The highest BCUT2D eigenvalue weighted by Gasteiger charge is 2.25. The average molecular weight is 314 g/mol. The quantitative estimate of drug-likeness (QED) is 0.834. The van der Waals surface area contributed by atoms with Gasteiger partial charge in [0.1, 0.15) is 0 Å². The van der Waals surface area contributed by atoms with Crippen LogP contribution in [0.4, 0.5) is 11.4 Å². The molecule has 3 nitrogen and oxygen atoms in total. The van der Waals surface area contributed by atoms with Gasteiger partial charge < -0.3 is 9.80 Å². The van der Waals surface area contributed by atoms with E-state index in [-0.39, 0.29) is 5.91 Å². The molecule has 0 radical (unpaired) electrons. The molecule has 0 fully saturated rings. The molecule has 0 bridgehead atoms. The number of thiophene rings is 1. The van der Waals surface area contributed by atoms with E-state index >= 15 is 0 Å². The third kappa shape index (κ3) is 3.17. The zero-order valence-electron chi connectivity index (χ0n) is 13.0. The zero-order valence-corrected chi connectivity index (χ0v) is 13.8. The zero-order chi connectivity index (χ0) is 15.4. The molecule has 1 aliphatic heterocycles. The van der Waals surface area contributed by atoms with Crippen molar-refractivity contribution in [3.05, 3.63) is 46.7 Å². The van der Waals surface area contributed by atoms with Gasteiger partial charge in [-0.15, -0.1) is 11.3 Å². The molecule has 2 heterocycles. The van der Waals surface area contributed by atoms with Crippen molar-refractivity contribution in [2.75, 3.05) is 29.4 Å². The van der Waals surface area contributed by atoms with Crippen LogP contribution in [0.2, 0.25) is 0 Å². The highest BCUT2D eigenvalue weighted by molar-refractivity contribution is 7.09. The number of benzene rings is 1. The first-order valence-corrected chi connectivity index (χ1v) is 8.84. The molecule has 0 saturated heterocycles.